The van der Waals surface area contributed by atoms with Crippen molar-refractivity contribution < 1.29 is 19.5 Å². The Hall–Kier alpha value is -4.86. The van der Waals surface area contributed by atoms with E-state index in [9.17, 15) is 0 Å². The van der Waals surface area contributed by atoms with Gasteiger partial charge in [-0.25, -0.2) is 9.97 Å². The third-order valence-electron chi connectivity index (χ3n) is 7.43. The molecule has 0 aliphatic carbocycles. The number of rotatable bonds is 0. The molecule has 5 heteroatoms. The maximum atomic E-state index is 4.63. The zero-order chi connectivity index (χ0) is 26.5. The summed E-state index contributed by atoms with van der Waals surface area (Å²) in [5.41, 5.74) is 7.86. The van der Waals surface area contributed by atoms with Crippen molar-refractivity contribution in [2.45, 2.75) is 0 Å². The molecule has 2 aliphatic rings. The molecule has 0 fully saturated rings. The average molecular weight is 578 g/mol. The summed E-state index contributed by atoms with van der Waals surface area (Å²) >= 11 is 0. The van der Waals surface area contributed by atoms with E-state index in [1.165, 1.54) is 32.3 Å². The second kappa shape index (κ2) is 10.3. The van der Waals surface area contributed by atoms with Gasteiger partial charge in [-0.05, 0) is 105 Å². The van der Waals surface area contributed by atoms with Crippen LogP contribution in [0.1, 0.15) is 22.8 Å². The number of fused-ring (bicyclic) bond motifs is 8. The van der Waals surface area contributed by atoms with Gasteiger partial charge in [-0.1, -0.05) is 60.7 Å². The first-order chi connectivity index (χ1) is 19.7. The standard InChI is InChI=1S/C20H14N4.C16H10.Zn/c1-2-14-10-16-5-6-18(23-16)12-20-8-7-19(24-20)11-17-4-3-15(22-17)9-13(1)21-14;1-3-11-7-9-13-5-2-6-14-10-8-12(4-1)15(11)16(13)14;/h1-12,21,24H;1-10H;. The Morgan fingerprint density at radius 1 is 0.366 bits per heavy atom. The van der Waals surface area contributed by atoms with Crippen LogP contribution in [0.3, 0.4) is 0 Å². The van der Waals surface area contributed by atoms with Crippen LogP contribution in [0.15, 0.2) is 109 Å². The Balaban J connectivity index is 0.000000141. The van der Waals surface area contributed by atoms with Gasteiger partial charge in [0.25, 0.3) is 0 Å². The molecule has 2 N–H and O–H groups in total. The van der Waals surface area contributed by atoms with Crippen molar-refractivity contribution >= 4 is 78.7 Å². The second-order valence-corrected chi connectivity index (χ2v) is 10.2. The summed E-state index contributed by atoms with van der Waals surface area (Å²) in [5.74, 6) is 0. The van der Waals surface area contributed by atoms with E-state index < -0.39 is 0 Å². The van der Waals surface area contributed by atoms with E-state index in [2.05, 4.69) is 105 Å². The first-order valence-electron chi connectivity index (χ1n) is 13.4. The van der Waals surface area contributed by atoms with Crippen LogP contribution < -0.4 is 0 Å². The van der Waals surface area contributed by atoms with Crippen LogP contribution in [0, 0.1) is 0 Å². The predicted molar refractivity (Wildman–Crippen MR) is 169 cm³/mol. The van der Waals surface area contributed by atoms with Gasteiger partial charge < -0.3 is 9.97 Å². The van der Waals surface area contributed by atoms with Gasteiger partial charge in [0.1, 0.15) is 0 Å². The molecular formula is C36H24N4Zn. The van der Waals surface area contributed by atoms with Crippen molar-refractivity contribution in [1.29, 1.82) is 0 Å². The molecule has 9 rings (SSSR count). The van der Waals surface area contributed by atoms with Gasteiger partial charge in [0.2, 0.25) is 0 Å². The Morgan fingerprint density at radius 3 is 0.951 bits per heavy atom. The van der Waals surface area contributed by atoms with Crippen molar-refractivity contribution in [3.63, 3.8) is 0 Å². The molecule has 0 radical (unpaired) electrons. The zero-order valence-corrected chi connectivity index (χ0v) is 25.3. The molecular weight excluding hydrogens is 554 g/mol. The summed E-state index contributed by atoms with van der Waals surface area (Å²) < 4.78 is 0. The fourth-order valence-electron chi connectivity index (χ4n) is 5.61. The van der Waals surface area contributed by atoms with Crippen LogP contribution in [0.5, 0.6) is 0 Å². The SMILES string of the molecule is C1=Cc2cc3ccc(cc4nc(cc5ccc(cc1n2)[nH]5)C=C4)[nH]3.[Zn].c1cc2ccc3cccc4ccc(c1)c2c34. The largest absolute Gasteiger partial charge is 0.355 e. The van der Waals surface area contributed by atoms with Gasteiger partial charge in [-0.2, -0.15) is 0 Å². The first kappa shape index (κ1) is 25.1. The molecule has 0 saturated heterocycles. The van der Waals surface area contributed by atoms with Gasteiger partial charge in [0, 0.05) is 41.5 Å². The van der Waals surface area contributed by atoms with Crippen LogP contribution in [0.25, 0.3) is 78.7 Å². The molecule has 190 valence electrons. The zero-order valence-electron chi connectivity index (χ0n) is 22.3. The van der Waals surface area contributed by atoms with Crippen molar-refractivity contribution in [2.24, 2.45) is 0 Å². The third-order valence-corrected chi connectivity index (χ3v) is 7.43. The Morgan fingerprint density at radius 2 is 0.659 bits per heavy atom. The smallest absolute Gasteiger partial charge is 0.0658 e. The summed E-state index contributed by atoms with van der Waals surface area (Å²) in [6, 6.07) is 38.2. The van der Waals surface area contributed by atoms with Gasteiger partial charge in [-0.3, -0.25) is 0 Å². The summed E-state index contributed by atoms with van der Waals surface area (Å²) in [6.07, 6.45) is 8.09. The van der Waals surface area contributed by atoms with E-state index >= 15 is 0 Å². The molecule has 0 saturated carbocycles. The second-order valence-electron chi connectivity index (χ2n) is 10.2. The number of H-pyrrole nitrogens is 2. The van der Waals surface area contributed by atoms with E-state index in [0.29, 0.717) is 0 Å². The quantitative estimate of drug-likeness (QED) is 0.139. The number of hydrogen-bond acceptors (Lipinski definition) is 2. The number of aromatic amines is 2. The van der Waals surface area contributed by atoms with Crippen LogP contribution in [-0.2, 0) is 19.5 Å². The maximum absolute atomic E-state index is 4.63. The number of hydrogen-bond donors (Lipinski definition) is 2. The van der Waals surface area contributed by atoms with E-state index in [0.717, 1.165) is 44.8 Å². The maximum Gasteiger partial charge on any atom is 0.0658 e. The van der Waals surface area contributed by atoms with Crippen LogP contribution >= 0.6 is 0 Å². The van der Waals surface area contributed by atoms with E-state index in [4.69, 9.17) is 0 Å². The summed E-state index contributed by atoms with van der Waals surface area (Å²) in [7, 11) is 0. The van der Waals surface area contributed by atoms with Gasteiger partial charge >= 0.3 is 0 Å². The van der Waals surface area contributed by atoms with Crippen molar-refractivity contribution in [1.82, 2.24) is 19.9 Å². The summed E-state index contributed by atoms with van der Waals surface area (Å²) in [5, 5.41) is 8.14. The van der Waals surface area contributed by atoms with Crippen LogP contribution in [-0.4, -0.2) is 19.9 Å². The molecule has 2 aliphatic heterocycles. The minimum Gasteiger partial charge on any atom is -0.355 e. The van der Waals surface area contributed by atoms with Gasteiger partial charge in [0.05, 0.1) is 22.8 Å². The predicted octanol–water partition coefficient (Wildman–Crippen LogP) is 9.24. The molecule has 4 nitrogen and oxygen atoms in total. The number of aromatic nitrogens is 4. The molecule has 0 amide bonds. The molecule has 5 heterocycles. The number of nitrogens with zero attached hydrogens (tertiary/aromatic N) is 2. The van der Waals surface area contributed by atoms with Crippen LogP contribution in [0.2, 0.25) is 0 Å². The molecule has 3 aromatic heterocycles. The normalized spacial score (nSPS) is 12.0. The third kappa shape index (κ3) is 4.86. The first-order valence-corrected chi connectivity index (χ1v) is 13.4. The monoisotopic (exact) mass is 576 g/mol. The average Bonchev–Trinajstić information content (AvgIpc) is 3.79. The fraction of sp³-hybridized carbons (Fsp3) is 0. The van der Waals surface area contributed by atoms with Gasteiger partial charge in [0.15, 0.2) is 0 Å². The van der Waals surface area contributed by atoms with Crippen molar-refractivity contribution in [3.8, 4) is 0 Å². The number of benzene rings is 4. The van der Waals surface area contributed by atoms with Gasteiger partial charge in [-0.15, -0.1) is 0 Å². The van der Waals surface area contributed by atoms with Crippen LogP contribution in [0.4, 0.5) is 0 Å². The van der Waals surface area contributed by atoms with Crippen molar-refractivity contribution in [2.75, 3.05) is 0 Å². The number of nitrogens with one attached hydrogen (secondary N) is 2. The fourth-order valence-corrected chi connectivity index (χ4v) is 5.61. The minimum atomic E-state index is 0. The van der Waals surface area contributed by atoms with E-state index in [1.54, 1.807) is 0 Å². The Labute approximate surface area is 249 Å². The molecule has 4 aromatic carbocycles. The Bertz CT molecular complexity index is 1980. The minimum absolute atomic E-state index is 0. The van der Waals surface area contributed by atoms with E-state index in [1.807, 2.05) is 48.6 Å². The van der Waals surface area contributed by atoms with E-state index in [-0.39, 0.29) is 19.5 Å². The molecule has 0 unspecified atom stereocenters. The summed E-state index contributed by atoms with van der Waals surface area (Å²) in [4.78, 5) is 16.0. The summed E-state index contributed by atoms with van der Waals surface area (Å²) in [6.45, 7) is 0. The molecule has 7 aromatic rings. The molecule has 8 bridgehead atoms. The topological polar surface area (TPSA) is 57.4 Å². The Kier molecular flexibility index (Phi) is 6.30. The van der Waals surface area contributed by atoms with Crippen molar-refractivity contribution in [3.05, 3.63) is 132 Å². The molecule has 41 heavy (non-hydrogen) atoms. The molecule has 0 spiro atoms. The molecule has 0 atom stereocenters.